The summed E-state index contributed by atoms with van der Waals surface area (Å²) < 4.78 is 4.37. The molecular weight excluding hydrogens is 268 g/mol. The molecule has 0 saturated carbocycles. The van der Waals surface area contributed by atoms with Crippen molar-refractivity contribution >= 4 is 5.97 Å². The van der Waals surface area contributed by atoms with Crippen LogP contribution >= 0.6 is 0 Å². The van der Waals surface area contributed by atoms with E-state index in [0.717, 1.165) is 0 Å². The van der Waals surface area contributed by atoms with Gasteiger partial charge in [0, 0.05) is 0 Å². The van der Waals surface area contributed by atoms with Crippen molar-refractivity contribution in [2.75, 3.05) is 13.2 Å². The molecule has 0 amide bonds. The molecule has 10 nitrogen and oxygen atoms in total. The number of carbonyl (C=O) groups is 1. The second-order valence-electron chi connectivity index (χ2n) is 3.80. The Kier molecular flexibility index (Phi) is 7.97. The highest BCUT2D eigenvalue weighted by atomic mass is 16.6. The first kappa shape index (κ1) is 18.1. The summed E-state index contributed by atoms with van der Waals surface area (Å²) in [7, 11) is 0. The Bertz CT molecular complexity index is 272. The van der Waals surface area contributed by atoms with E-state index in [0.29, 0.717) is 0 Å². The molecule has 0 saturated heterocycles. The molecule has 0 aliphatic rings. The monoisotopic (exact) mass is 286 g/mol. The van der Waals surface area contributed by atoms with E-state index in [1.54, 1.807) is 0 Å². The van der Waals surface area contributed by atoms with Crippen LogP contribution in [0, 0.1) is 0 Å². The smallest absolute Gasteiger partial charge is 0.334 e. The van der Waals surface area contributed by atoms with Crippen molar-refractivity contribution in [1.29, 1.82) is 0 Å². The van der Waals surface area contributed by atoms with Crippen LogP contribution in [0.5, 0.6) is 0 Å². The van der Waals surface area contributed by atoms with Crippen molar-refractivity contribution < 1.29 is 50.4 Å². The average Bonchev–Trinajstić information content (AvgIpc) is 2.40. The molecule has 6 atom stereocenters. The van der Waals surface area contributed by atoms with Gasteiger partial charge in [0.05, 0.1) is 13.2 Å². The molecule has 10 heteroatoms. The Labute approximate surface area is 107 Å². The van der Waals surface area contributed by atoms with Crippen LogP contribution in [-0.4, -0.2) is 96.8 Å². The maximum atomic E-state index is 10.2. The summed E-state index contributed by atoms with van der Waals surface area (Å²) in [6.45, 7) is -1.75. The van der Waals surface area contributed by atoms with E-state index >= 15 is 0 Å². The first-order valence-electron chi connectivity index (χ1n) is 5.26. The van der Waals surface area contributed by atoms with Gasteiger partial charge < -0.3 is 45.6 Å². The van der Waals surface area contributed by atoms with Crippen LogP contribution in [0.3, 0.4) is 0 Å². The molecule has 0 fully saturated rings. The van der Waals surface area contributed by atoms with Crippen molar-refractivity contribution in [3.63, 3.8) is 0 Å². The lowest BCUT2D eigenvalue weighted by atomic mass is 10.0. The van der Waals surface area contributed by atoms with Gasteiger partial charge in [-0.25, -0.2) is 4.79 Å². The molecule has 0 aliphatic carbocycles. The maximum absolute atomic E-state index is 10.2. The van der Waals surface area contributed by atoms with Gasteiger partial charge in [-0.15, -0.1) is 0 Å². The minimum Gasteiger partial charge on any atom is -0.479 e. The Morgan fingerprint density at radius 1 is 0.947 bits per heavy atom. The molecule has 0 aliphatic heterocycles. The van der Waals surface area contributed by atoms with Crippen molar-refractivity contribution in [2.24, 2.45) is 0 Å². The van der Waals surface area contributed by atoms with E-state index < -0.39 is 56.0 Å². The molecule has 6 unspecified atom stereocenters. The predicted molar refractivity (Wildman–Crippen MR) is 56.7 cm³/mol. The van der Waals surface area contributed by atoms with Crippen LogP contribution in [0.2, 0.25) is 0 Å². The van der Waals surface area contributed by atoms with Crippen molar-refractivity contribution in [1.82, 2.24) is 0 Å². The van der Waals surface area contributed by atoms with Gasteiger partial charge in [-0.2, -0.15) is 0 Å². The van der Waals surface area contributed by atoms with E-state index in [9.17, 15) is 25.2 Å². The summed E-state index contributed by atoms with van der Waals surface area (Å²) in [5, 5.41) is 71.8. The summed E-state index contributed by atoms with van der Waals surface area (Å²) in [6, 6.07) is 0. The third-order valence-corrected chi connectivity index (χ3v) is 2.28. The lowest BCUT2D eigenvalue weighted by molar-refractivity contribution is -0.219. The fourth-order valence-corrected chi connectivity index (χ4v) is 1.07. The number of hydrogen-bond donors (Lipinski definition) is 8. The minimum atomic E-state index is -2.11. The first-order valence-corrected chi connectivity index (χ1v) is 5.26. The lowest BCUT2D eigenvalue weighted by Gasteiger charge is -2.28. The molecule has 0 aromatic carbocycles. The largest absolute Gasteiger partial charge is 0.479 e. The highest BCUT2D eigenvalue weighted by Gasteiger charge is 2.35. The van der Waals surface area contributed by atoms with E-state index in [-0.39, 0.29) is 0 Å². The molecule has 0 heterocycles. The number of aliphatic hydroxyl groups excluding tert-OH is 7. The summed E-state index contributed by atoms with van der Waals surface area (Å²) in [5.74, 6) is -1.61. The number of hydrogen-bond acceptors (Lipinski definition) is 9. The SMILES string of the molecule is O=C(O)C(O)COC(O)C(O)C(O)C(O)C(O)CO. The zero-order valence-corrected chi connectivity index (χ0v) is 9.77. The van der Waals surface area contributed by atoms with E-state index in [1.165, 1.54) is 0 Å². The van der Waals surface area contributed by atoms with Crippen molar-refractivity contribution in [2.45, 2.75) is 36.8 Å². The Balaban J connectivity index is 4.31. The maximum Gasteiger partial charge on any atom is 0.334 e. The van der Waals surface area contributed by atoms with Crippen LogP contribution in [0.15, 0.2) is 0 Å². The van der Waals surface area contributed by atoms with E-state index in [4.69, 9.17) is 20.4 Å². The Morgan fingerprint density at radius 2 is 1.47 bits per heavy atom. The van der Waals surface area contributed by atoms with E-state index in [1.807, 2.05) is 0 Å². The van der Waals surface area contributed by atoms with Gasteiger partial charge in [0.25, 0.3) is 0 Å². The normalized spacial score (nSPS) is 21.2. The number of rotatable bonds is 9. The van der Waals surface area contributed by atoms with Gasteiger partial charge in [-0.05, 0) is 0 Å². The van der Waals surface area contributed by atoms with Crippen LogP contribution in [-0.2, 0) is 9.53 Å². The fraction of sp³-hybridized carbons (Fsp3) is 0.889. The number of aliphatic carboxylic acids is 1. The molecule has 0 bridgehead atoms. The zero-order chi connectivity index (χ0) is 15.2. The predicted octanol–water partition coefficient (Wildman–Crippen LogP) is -4.80. The van der Waals surface area contributed by atoms with E-state index in [2.05, 4.69) is 4.74 Å². The topological polar surface area (TPSA) is 188 Å². The average molecular weight is 286 g/mol. The number of aliphatic hydroxyl groups is 7. The molecule has 0 radical (unpaired) electrons. The summed E-state index contributed by atoms with van der Waals surface area (Å²) in [4.78, 5) is 10.2. The van der Waals surface area contributed by atoms with Gasteiger partial charge in [0.1, 0.15) is 24.4 Å². The van der Waals surface area contributed by atoms with Gasteiger partial charge >= 0.3 is 5.97 Å². The third kappa shape index (κ3) is 5.76. The lowest BCUT2D eigenvalue weighted by Crippen LogP contribution is -2.51. The summed E-state index contributed by atoms with van der Waals surface area (Å²) >= 11 is 0. The second kappa shape index (κ2) is 8.35. The minimum absolute atomic E-state index is 0.862. The Hall–Kier alpha value is -0.850. The number of ether oxygens (including phenoxy) is 1. The van der Waals surface area contributed by atoms with Gasteiger partial charge in [-0.1, -0.05) is 0 Å². The molecule has 19 heavy (non-hydrogen) atoms. The molecule has 0 aromatic heterocycles. The molecule has 0 rings (SSSR count). The van der Waals surface area contributed by atoms with Gasteiger partial charge in [0.2, 0.25) is 0 Å². The van der Waals surface area contributed by atoms with Gasteiger partial charge in [-0.3, -0.25) is 0 Å². The van der Waals surface area contributed by atoms with Crippen LogP contribution in [0.1, 0.15) is 0 Å². The second-order valence-corrected chi connectivity index (χ2v) is 3.80. The third-order valence-electron chi connectivity index (χ3n) is 2.28. The van der Waals surface area contributed by atoms with Gasteiger partial charge in [0.15, 0.2) is 12.4 Å². The Morgan fingerprint density at radius 3 is 1.89 bits per heavy atom. The molecule has 0 spiro atoms. The number of carboxylic acid groups (broad SMARTS) is 1. The molecule has 8 N–H and O–H groups in total. The summed E-state index contributed by atoms with van der Waals surface area (Å²) in [6.07, 6.45) is -11.9. The van der Waals surface area contributed by atoms with Crippen LogP contribution in [0.4, 0.5) is 0 Å². The zero-order valence-electron chi connectivity index (χ0n) is 9.77. The molecule has 0 aromatic rings. The van der Waals surface area contributed by atoms with Crippen molar-refractivity contribution in [3.05, 3.63) is 0 Å². The highest BCUT2D eigenvalue weighted by Crippen LogP contribution is 2.09. The number of carboxylic acids is 1. The fourth-order valence-electron chi connectivity index (χ4n) is 1.07. The highest BCUT2D eigenvalue weighted by molar-refractivity contribution is 5.71. The van der Waals surface area contributed by atoms with Crippen molar-refractivity contribution in [3.8, 4) is 0 Å². The quantitative estimate of drug-likeness (QED) is 0.191. The standard InChI is InChI=1S/C9H18O10/c10-1-3(11)5(13)6(14)7(15)9(18)19-2-4(12)8(16)17/h3-7,9-15,18H,1-2H2,(H,16,17). The first-order chi connectivity index (χ1) is 8.72. The molecule has 114 valence electrons. The molecular formula is C9H18O10. The van der Waals surface area contributed by atoms with Crippen LogP contribution in [0.25, 0.3) is 0 Å². The van der Waals surface area contributed by atoms with Crippen LogP contribution < -0.4 is 0 Å². The summed E-state index contributed by atoms with van der Waals surface area (Å²) in [5.41, 5.74) is 0.